The van der Waals surface area contributed by atoms with Gasteiger partial charge >= 0.3 is 0 Å². The molecule has 8 aromatic carbocycles. The highest BCUT2D eigenvalue weighted by Gasteiger charge is 1.99. The highest BCUT2D eigenvalue weighted by atomic mass is 14.9. The predicted octanol–water partition coefficient (Wildman–Crippen LogP) is 28.0. The van der Waals surface area contributed by atoms with Crippen LogP contribution in [0.25, 0.3) is 86.3 Å². The molecule has 0 aliphatic rings. The van der Waals surface area contributed by atoms with Crippen LogP contribution in [0.5, 0.6) is 0 Å². The molecule has 9 heteroatoms. The average molecular weight is 1390 g/mol. The number of hydrogen-bond acceptors (Lipinski definition) is 9. The number of pyridine rings is 7. The van der Waals surface area contributed by atoms with Gasteiger partial charge in [0.2, 0.25) is 0 Å². The minimum Gasteiger partial charge on any atom is -0.264 e. The maximum atomic E-state index is 4.26. The average Bonchev–Trinajstić information content (AvgIpc) is 0.710. The SMILES string of the molecule is CC.CC.CC.CC.CC.CC.CC.CC.Cc1cc2ccccc2cn1.Cc1ccc2ccncc2c1.Cc1ccc2cnccc2c1.Cc1cccc2ccncc12.Cc1cccc2cnccc12.Cc1cncc2ccccc12.Cc1ncc2ccccc2n1.Cc1nccc2ccccc12. The van der Waals surface area contributed by atoms with E-state index in [1.165, 1.54) is 103 Å². The van der Waals surface area contributed by atoms with E-state index in [1.807, 2.05) is 297 Å². The van der Waals surface area contributed by atoms with E-state index in [2.05, 4.69) is 201 Å². The molecule has 0 bridgehead atoms. The van der Waals surface area contributed by atoms with Gasteiger partial charge in [-0.05, 0) is 158 Å². The zero-order valence-corrected chi connectivity index (χ0v) is 67.2. The summed E-state index contributed by atoms with van der Waals surface area (Å²) in [6.07, 6.45) is 24.2. The fraction of sp³-hybridized carbons (Fsp3) is 0.253. The van der Waals surface area contributed by atoms with Gasteiger partial charge in [0.1, 0.15) is 5.82 Å². The number of benzene rings is 8. The second-order valence-corrected chi connectivity index (χ2v) is 21.2. The van der Waals surface area contributed by atoms with Crippen LogP contribution in [0.4, 0.5) is 0 Å². The van der Waals surface area contributed by atoms with E-state index in [1.54, 1.807) is 0 Å². The number of nitrogens with zero attached hydrogens (tertiary/aromatic N) is 9. The third-order valence-corrected chi connectivity index (χ3v) is 14.5. The third-order valence-electron chi connectivity index (χ3n) is 14.5. The number of rotatable bonds is 0. The van der Waals surface area contributed by atoms with Crippen molar-refractivity contribution in [2.75, 3.05) is 0 Å². The summed E-state index contributed by atoms with van der Waals surface area (Å²) < 4.78 is 0. The second kappa shape index (κ2) is 55.6. The summed E-state index contributed by atoms with van der Waals surface area (Å²) in [5.74, 6) is 0.823. The Bertz CT molecular complexity index is 4230. The topological polar surface area (TPSA) is 116 Å². The Morgan fingerprint density at radius 3 is 1.21 bits per heavy atom. The molecule has 0 fully saturated rings. The van der Waals surface area contributed by atoms with Crippen LogP contribution < -0.4 is 0 Å². The zero-order chi connectivity index (χ0) is 77.5. The lowest BCUT2D eigenvalue weighted by molar-refractivity contribution is 1.09. The van der Waals surface area contributed by atoms with Crippen molar-refractivity contribution in [2.24, 2.45) is 0 Å². The molecule has 0 atom stereocenters. The highest BCUT2D eigenvalue weighted by Crippen LogP contribution is 2.20. The zero-order valence-electron chi connectivity index (χ0n) is 67.2. The van der Waals surface area contributed by atoms with E-state index in [9.17, 15) is 0 Å². The molecule has 0 saturated heterocycles. The molecule has 0 saturated carbocycles. The van der Waals surface area contributed by atoms with Crippen molar-refractivity contribution in [3.8, 4) is 0 Å². The van der Waals surface area contributed by atoms with Gasteiger partial charge in [0.25, 0.3) is 0 Å². The minimum atomic E-state index is 0.823. The molecule has 544 valence electrons. The summed E-state index contributed by atoms with van der Waals surface area (Å²) >= 11 is 0. The lowest BCUT2D eigenvalue weighted by Crippen LogP contribution is -1.86. The molecular weight excluding hydrogens is 1270 g/mol. The molecule has 0 aliphatic carbocycles. The second-order valence-electron chi connectivity index (χ2n) is 21.2. The van der Waals surface area contributed by atoms with Crippen LogP contribution in [-0.2, 0) is 0 Å². The van der Waals surface area contributed by atoms with Gasteiger partial charge in [0.15, 0.2) is 0 Å². The number of fused-ring (bicyclic) bond motifs is 8. The fourth-order valence-electron chi connectivity index (χ4n) is 9.75. The van der Waals surface area contributed by atoms with Gasteiger partial charge < -0.3 is 0 Å². The van der Waals surface area contributed by atoms with Gasteiger partial charge in [-0.3, -0.25) is 34.9 Å². The molecule has 0 amide bonds. The fourth-order valence-corrected chi connectivity index (χ4v) is 9.75. The standard InChI is InChI=1S/7C10H9N.C9H8N2.8C2H6/c1-8-2-3-10-7-11-5-4-9(10)6-8;1-8-2-3-9-4-5-11-7-10(9)6-8;1-8-3-2-4-9-7-11-6-5-10(8)9;1-8-3-2-4-9-5-6-11-7-10(8)9;1-8-6-11-7-9-4-2-3-5-10(8)9;1-8-6-9-4-2-3-5-10(9)7-11-8;1-8-10-5-3-2-4-9(10)6-7-11-8;1-7-10-6-8-4-2-3-5-9(8)11-7;8*1-2/h7*2-7H,1H3;2-6H,1H3;8*1-2H3. The van der Waals surface area contributed by atoms with Crippen molar-refractivity contribution in [2.45, 2.75) is 166 Å². The molecule has 104 heavy (non-hydrogen) atoms. The molecule has 0 radical (unpaired) electrons. The number of para-hydroxylation sites is 1. The van der Waals surface area contributed by atoms with Gasteiger partial charge in [0.05, 0.1) is 5.52 Å². The van der Waals surface area contributed by atoms with Crippen LogP contribution in [-0.4, -0.2) is 44.9 Å². The number of aryl methyl sites for hydroxylation is 8. The molecule has 0 spiro atoms. The van der Waals surface area contributed by atoms with Crippen LogP contribution in [0.2, 0.25) is 0 Å². The van der Waals surface area contributed by atoms with E-state index >= 15 is 0 Å². The van der Waals surface area contributed by atoms with E-state index in [-0.39, 0.29) is 0 Å². The van der Waals surface area contributed by atoms with Crippen molar-refractivity contribution in [1.29, 1.82) is 0 Å². The van der Waals surface area contributed by atoms with Crippen molar-refractivity contribution < 1.29 is 0 Å². The molecule has 0 aliphatic heterocycles. The Labute approximate surface area is 625 Å². The largest absolute Gasteiger partial charge is 0.264 e. The summed E-state index contributed by atoms with van der Waals surface area (Å²) in [5.41, 5.74) is 9.60. The maximum absolute atomic E-state index is 4.26. The summed E-state index contributed by atoms with van der Waals surface area (Å²) in [5, 5.41) is 18.5. The Morgan fingerprint density at radius 2 is 0.606 bits per heavy atom. The Morgan fingerprint density at radius 1 is 0.212 bits per heavy atom. The van der Waals surface area contributed by atoms with Crippen molar-refractivity contribution in [3.05, 3.63) is 332 Å². The van der Waals surface area contributed by atoms with E-state index in [0.29, 0.717) is 0 Å². The minimum absolute atomic E-state index is 0.823. The molecule has 8 aromatic heterocycles. The van der Waals surface area contributed by atoms with Gasteiger partial charge in [-0.15, -0.1) is 0 Å². The van der Waals surface area contributed by atoms with Crippen LogP contribution in [0.1, 0.15) is 156 Å². The first kappa shape index (κ1) is 91.0. The smallest absolute Gasteiger partial charge is 0.125 e. The molecule has 8 heterocycles. The van der Waals surface area contributed by atoms with E-state index in [0.717, 1.165) is 28.1 Å². The predicted molar refractivity (Wildman–Crippen MR) is 460 cm³/mol. The lowest BCUT2D eigenvalue weighted by Gasteiger charge is -1.98. The van der Waals surface area contributed by atoms with Crippen LogP contribution in [0.15, 0.2) is 287 Å². The van der Waals surface area contributed by atoms with Crippen molar-refractivity contribution in [1.82, 2.24) is 44.9 Å². The van der Waals surface area contributed by atoms with Crippen LogP contribution >= 0.6 is 0 Å². The Hall–Kier alpha value is -11.0. The van der Waals surface area contributed by atoms with Gasteiger partial charge in [-0.2, -0.15) is 0 Å². The summed E-state index contributed by atoms with van der Waals surface area (Å²) in [4.78, 5) is 37.1. The Kier molecular flexibility index (Phi) is 48.7. The molecule has 9 nitrogen and oxygen atoms in total. The van der Waals surface area contributed by atoms with Gasteiger partial charge in [0, 0.05) is 135 Å². The normalized spacial score (nSPS) is 9.15. The first-order valence-corrected chi connectivity index (χ1v) is 37.2. The molecule has 0 unspecified atom stereocenters. The summed E-state index contributed by atoms with van der Waals surface area (Å²) in [6, 6.07) is 70.3. The van der Waals surface area contributed by atoms with Gasteiger partial charge in [-0.1, -0.05) is 280 Å². The maximum Gasteiger partial charge on any atom is 0.125 e. The Balaban J connectivity index is 0.000000578. The van der Waals surface area contributed by atoms with Crippen molar-refractivity contribution >= 4 is 86.3 Å². The molecular formula is C95H119N9. The van der Waals surface area contributed by atoms with Gasteiger partial charge in [-0.25, -0.2) is 9.97 Å². The summed E-state index contributed by atoms with van der Waals surface area (Å²) in [7, 11) is 0. The molecule has 16 rings (SSSR count). The lowest BCUT2D eigenvalue weighted by atomic mass is 10.1. The third kappa shape index (κ3) is 31.5. The first-order valence-electron chi connectivity index (χ1n) is 37.2. The van der Waals surface area contributed by atoms with Crippen LogP contribution in [0.3, 0.4) is 0 Å². The monoisotopic (exact) mass is 1390 g/mol. The number of aromatic nitrogens is 9. The number of hydrogen-bond donors (Lipinski definition) is 0. The summed E-state index contributed by atoms with van der Waals surface area (Å²) in [6.45, 7) is 48.4. The van der Waals surface area contributed by atoms with E-state index < -0.39 is 0 Å². The molecule has 16 aromatic rings. The van der Waals surface area contributed by atoms with E-state index in [4.69, 9.17) is 0 Å². The van der Waals surface area contributed by atoms with Crippen LogP contribution in [0, 0.1) is 55.4 Å². The molecule has 0 N–H and O–H groups in total. The van der Waals surface area contributed by atoms with Crippen molar-refractivity contribution in [3.63, 3.8) is 0 Å². The first-order chi connectivity index (χ1) is 50.9. The highest BCUT2D eigenvalue weighted by molar-refractivity contribution is 5.88. The quantitative estimate of drug-likeness (QED) is 0.146.